The topological polar surface area (TPSA) is 51.2 Å². The fourth-order valence-corrected chi connectivity index (χ4v) is 3.55. The van der Waals surface area contributed by atoms with Crippen LogP contribution in [0.15, 0.2) is 0 Å². The fourth-order valence-electron chi connectivity index (χ4n) is 2.36. The number of carbonyl (C=O) groups is 1. The molecule has 1 aliphatic carbocycles. The van der Waals surface area contributed by atoms with Gasteiger partial charge in [0, 0.05) is 12.2 Å². The molecule has 1 fully saturated rings. The van der Waals surface area contributed by atoms with Gasteiger partial charge in [-0.1, -0.05) is 13.3 Å². The molecule has 0 spiro atoms. The van der Waals surface area contributed by atoms with Crippen LogP contribution in [0, 0.1) is 11.8 Å². The van der Waals surface area contributed by atoms with Gasteiger partial charge >= 0.3 is 0 Å². The van der Waals surface area contributed by atoms with Gasteiger partial charge in [0.2, 0.25) is 0 Å². The molecule has 0 aromatic carbocycles. The van der Waals surface area contributed by atoms with Crippen LogP contribution in [0.2, 0.25) is 0 Å². The molecule has 1 aliphatic rings. The minimum Gasteiger partial charge on any atom is -0.300 e. The van der Waals surface area contributed by atoms with E-state index in [0.29, 0.717) is 6.42 Å². The first kappa shape index (κ1) is 12.7. The van der Waals surface area contributed by atoms with Crippen LogP contribution in [-0.4, -0.2) is 25.7 Å². The summed E-state index contributed by atoms with van der Waals surface area (Å²) in [6.45, 7) is 3.51. The third kappa shape index (κ3) is 3.30. The highest BCUT2D eigenvalue weighted by Crippen LogP contribution is 2.33. The first-order valence-electron chi connectivity index (χ1n) is 5.51. The third-order valence-electron chi connectivity index (χ3n) is 3.62. The highest BCUT2D eigenvalue weighted by molar-refractivity contribution is 7.91. The molecule has 0 saturated heterocycles. The predicted octanol–water partition coefficient (Wildman–Crippen LogP) is 1.81. The summed E-state index contributed by atoms with van der Waals surface area (Å²) in [5.41, 5.74) is 0. The van der Waals surface area contributed by atoms with Crippen LogP contribution in [0.25, 0.3) is 0 Å². The number of rotatable bonds is 3. The summed E-state index contributed by atoms with van der Waals surface area (Å²) in [5.74, 6) is 0.444. The van der Waals surface area contributed by atoms with E-state index >= 15 is 0 Å². The maximum Gasteiger partial charge on any atom is 0.150 e. The molecule has 1 saturated carbocycles. The zero-order valence-electron chi connectivity index (χ0n) is 9.69. The third-order valence-corrected chi connectivity index (χ3v) is 5.26. The molecule has 0 N–H and O–H groups in total. The number of ketones is 1. The van der Waals surface area contributed by atoms with E-state index in [1.165, 1.54) is 6.26 Å². The first-order valence-corrected chi connectivity index (χ1v) is 7.47. The van der Waals surface area contributed by atoms with Crippen LogP contribution in [-0.2, 0) is 14.6 Å². The summed E-state index contributed by atoms with van der Waals surface area (Å²) in [6.07, 6.45) is 4.66. The van der Waals surface area contributed by atoms with Crippen molar-refractivity contribution in [3.63, 3.8) is 0 Å². The van der Waals surface area contributed by atoms with E-state index < -0.39 is 9.84 Å². The number of hydrogen-bond acceptors (Lipinski definition) is 3. The molecule has 4 heteroatoms. The van der Waals surface area contributed by atoms with Gasteiger partial charge in [0.05, 0.1) is 5.25 Å². The lowest BCUT2D eigenvalue weighted by Crippen LogP contribution is -2.32. The van der Waals surface area contributed by atoms with Crippen LogP contribution >= 0.6 is 0 Å². The number of hydrogen-bond donors (Lipinski definition) is 0. The molecule has 3 unspecified atom stereocenters. The van der Waals surface area contributed by atoms with Crippen molar-refractivity contribution in [2.45, 2.75) is 44.8 Å². The van der Waals surface area contributed by atoms with Gasteiger partial charge in [0.15, 0.2) is 0 Å². The van der Waals surface area contributed by atoms with Gasteiger partial charge in [-0.25, -0.2) is 8.42 Å². The Balaban J connectivity index is 2.68. The van der Waals surface area contributed by atoms with E-state index in [-0.39, 0.29) is 22.9 Å². The molecule has 0 amide bonds. The molecule has 0 bridgehead atoms. The highest BCUT2D eigenvalue weighted by Gasteiger charge is 2.32. The van der Waals surface area contributed by atoms with Crippen LogP contribution in [0.3, 0.4) is 0 Å². The second kappa shape index (κ2) is 4.64. The Morgan fingerprint density at radius 1 is 1.33 bits per heavy atom. The van der Waals surface area contributed by atoms with Gasteiger partial charge in [-0.3, -0.25) is 4.79 Å². The number of sulfone groups is 1. The molecular formula is C11H20O3S. The molecule has 0 aromatic rings. The Morgan fingerprint density at radius 2 is 1.93 bits per heavy atom. The minimum absolute atomic E-state index is 0.00884. The van der Waals surface area contributed by atoms with E-state index in [9.17, 15) is 13.2 Å². The lowest BCUT2D eigenvalue weighted by atomic mass is 9.79. The quantitative estimate of drug-likeness (QED) is 0.745. The molecule has 3 atom stereocenters. The maximum atomic E-state index is 11.4. The Hall–Kier alpha value is -0.380. The van der Waals surface area contributed by atoms with Crippen LogP contribution in [0.1, 0.15) is 39.5 Å². The van der Waals surface area contributed by atoms with Crippen molar-refractivity contribution in [3.8, 4) is 0 Å². The predicted molar refractivity (Wildman–Crippen MR) is 60.4 cm³/mol. The average Bonchev–Trinajstić information content (AvgIpc) is 2.15. The Bertz CT molecular complexity index is 332. The smallest absolute Gasteiger partial charge is 0.150 e. The molecular weight excluding hydrogens is 212 g/mol. The molecule has 0 aliphatic heterocycles. The van der Waals surface area contributed by atoms with Crippen LogP contribution in [0.5, 0.6) is 0 Å². The minimum atomic E-state index is -2.93. The largest absolute Gasteiger partial charge is 0.300 e. The van der Waals surface area contributed by atoms with E-state index in [1.807, 2.05) is 6.92 Å². The molecule has 3 nitrogen and oxygen atoms in total. The Labute approximate surface area is 92.2 Å². The Kier molecular flexibility index (Phi) is 3.93. The second-order valence-corrected chi connectivity index (χ2v) is 7.10. The lowest BCUT2D eigenvalue weighted by molar-refractivity contribution is -0.122. The van der Waals surface area contributed by atoms with Gasteiger partial charge in [0.25, 0.3) is 0 Å². The summed E-state index contributed by atoms with van der Waals surface area (Å²) >= 11 is 0. The number of Topliss-reactive ketones (excluding diaryl/α,β-unsaturated/α-hetero) is 1. The molecule has 0 heterocycles. The summed E-state index contributed by atoms with van der Waals surface area (Å²) in [7, 11) is -2.93. The lowest BCUT2D eigenvalue weighted by Gasteiger charge is -2.30. The van der Waals surface area contributed by atoms with Gasteiger partial charge in [0.1, 0.15) is 15.6 Å². The van der Waals surface area contributed by atoms with Crippen molar-refractivity contribution in [3.05, 3.63) is 0 Å². The summed E-state index contributed by atoms with van der Waals surface area (Å²) in [6, 6.07) is 0. The van der Waals surface area contributed by atoms with Crippen molar-refractivity contribution >= 4 is 15.6 Å². The monoisotopic (exact) mass is 232 g/mol. The van der Waals surface area contributed by atoms with Crippen molar-refractivity contribution in [1.29, 1.82) is 0 Å². The van der Waals surface area contributed by atoms with Crippen molar-refractivity contribution in [2.24, 2.45) is 11.8 Å². The zero-order chi connectivity index (χ0) is 11.6. The highest BCUT2D eigenvalue weighted by atomic mass is 32.2. The average molecular weight is 232 g/mol. The number of carbonyl (C=O) groups excluding carboxylic acids is 1. The maximum absolute atomic E-state index is 11.4. The van der Waals surface area contributed by atoms with Crippen molar-refractivity contribution < 1.29 is 13.2 Å². The fraction of sp³-hybridized carbons (Fsp3) is 0.909. The Morgan fingerprint density at radius 3 is 2.40 bits per heavy atom. The first-order chi connectivity index (χ1) is 6.82. The standard InChI is InChI=1S/C11H20O3S/c1-8(9(2)12)10-5-4-6-11(7-10)15(3,13)14/h8,10-11H,4-7H2,1-3H3. The molecule has 88 valence electrons. The van der Waals surface area contributed by atoms with Gasteiger partial charge in [-0.15, -0.1) is 0 Å². The van der Waals surface area contributed by atoms with E-state index in [1.54, 1.807) is 6.92 Å². The molecule has 0 radical (unpaired) electrons. The van der Waals surface area contributed by atoms with Crippen LogP contribution < -0.4 is 0 Å². The second-order valence-electron chi connectivity index (χ2n) is 4.78. The van der Waals surface area contributed by atoms with E-state index in [2.05, 4.69) is 0 Å². The zero-order valence-corrected chi connectivity index (χ0v) is 10.5. The normalized spacial score (nSPS) is 29.8. The molecule has 1 rings (SSSR count). The van der Waals surface area contributed by atoms with Crippen LogP contribution in [0.4, 0.5) is 0 Å². The summed E-state index contributed by atoms with van der Waals surface area (Å²) < 4.78 is 22.9. The van der Waals surface area contributed by atoms with Gasteiger partial charge in [-0.2, -0.15) is 0 Å². The molecule has 15 heavy (non-hydrogen) atoms. The van der Waals surface area contributed by atoms with Crippen molar-refractivity contribution in [1.82, 2.24) is 0 Å². The molecule has 0 aromatic heterocycles. The van der Waals surface area contributed by atoms with Gasteiger partial charge in [-0.05, 0) is 32.1 Å². The van der Waals surface area contributed by atoms with E-state index in [0.717, 1.165) is 19.3 Å². The van der Waals surface area contributed by atoms with Crippen molar-refractivity contribution in [2.75, 3.05) is 6.26 Å². The SMILES string of the molecule is CC(=O)C(C)C1CCCC(S(C)(=O)=O)C1. The van der Waals surface area contributed by atoms with Gasteiger partial charge < -0.3 is 0 Å². The summed E-state index contributed by atoms with van der Waals surface area (Å²) in [4.78, 5) is 11.2. The summed E-state index contributed by atoms with van der Waals surface area (Å²) in [5, 5.41) is -0.224. The van der Waals surface area contributed by atoms with E-state index in [4.69, 9.17) is 0 Å².